The Kier molecular flexibility index (Phi) is 10.3. The maximum absolute atomic E-state index is 12.3. The lowest BCUT2D eigenvalue weighted by Crippen LogP contribution is -2.41. The highest BCUT2D eigenvalue weighted by Gasteiger charge is 2.32. The molecule has 0 atom stereocenters. The number of nitrogens with one attached hydrogen (secondary N) is 1. The van der Waals surface area contributed by atoms with Crippen LogP contribution in [0.15, 0.2) is 4.99 Å². The number of hydrogen-bond donors (Lipinski definition) is 2. The minimum absolute atomic E-state index is 0. The van der Waals surface area contributed by atoms with Crippen molar-refractivity contribution < 1.29 is 13.2 Å². The van der Waals surface area contributed by atoms with Gasteiger partial charge < -0.3 is 11.1 Å². The minimum Gasteiger partial charge on any atom is -0.370 e. The van der Waals surface area contributed by atoms with E-state index in [1.165, 1.54) is 4.90 Å². The smallest absolute Gasteiger partial charge is 0.370 e. The van der Waals surface area contributed by atoms with Gasteiger partial charge in [0.05, 0.1) is 6.54 Å². The van der Waals surface area contributed by atoms with Crippen LogP contribution in [0.4, 0.5) is 13.2 Å². The number of halogens is 4. The summed E-state index contributed by atoms with van der Waals surface area (Å²) >= 11 is 0. The largest absolute Gasteiger partial charge is 0.401 e. The molecule has 0 bridgehead atoms. The fourth-order valence-electron chi connectivity index (χ4n) is 2.38. The van der Waals surface area contributed by atoms with E-state index in [1.807, 2.05) is 6.92 Å². The molecule has 1 aliphatic rings. The Morgan fingerprint density at radius 1 is 1.33 bits per heavy atom. The molecule has 126 valence electrons. The monoisotopic (exact) mass is 422 g/mol. The van der Waals surface area contributed by atoms with Crippen molar-refractivity contribution in [1.29, 1.82) is 0 Å². The van der Waals surface area contributed by atoms with Crippen LogP contribution in [-0.2, 0) is 0 Å². The van der Waals surface area contributed by atoms with Gasteiger partial charge in [0.2, 0.25) is 0 Å². The normalized spacial score (nSPS) is 18.4. The summed E-state index contributed by atoms with van der Waals surface area (Å²) in [6.07, 6.45) is -0.547. The van der Waals surface area contributed by atoms with Crippen molar-refractivity contribution in [3.05, 3.63) is 0 Å². The van der Waals surface area contributed by atoms with Gasteiger partial charge in [-0.1, -0.05) is 6.92 Å². The fourth-order valence-corrected chi connectivity index (χ4v) is 2.38. The first-order chi connectivity index (χ1) is 9.40. The Morgan fingerprint density at radius 3 is 2.48 bits per heavy atom. The Bertz CT molecular complexity index is 302. The SMILES string of the molecule is CCCN=C(N)NCCC1CCN(CC(F)(F)F)CC1.I. The topological polar surface area (TPSA) is 53.6 Å². The first-order valence-electron chi connectivity index (χ1n) is 7.23. The third kappa shape index (κ3) is 10.2. The molecule has 0 aromatic rings. The Balaban J connectivity index is 0.00000400. The second-order valence-corrected chi connectivity index (χ2v) is 5.32. The van der Waals surface area contributed by atoms with Gasteiger partial charge >= 0.3 is 6.18 Å². The third-order valence-electron chi connectivity index (χ3n) is 3.47. The van der Waals surface area contributed by atoms with Gasteiger partial charge in [0.25, 0.3) is 0 Å². The molecule has 0 aromatic carbocycles. The zero-order valence-electron chi connectivity index (χ0n) is 12.5. The Hall–Kier alpha value is -0.250. The van der Waals surface area contributed by atoms with E-state index in [9.17, 15) is 13.2 Å². The molecule has 0 saturated carbocycles. The average molecular weight is 422 g/mol. The lowest BCUT2D eigenvalue weighted by Gasteiger charge is -2.32. The third-order valence-corrected chi connectivity index (χ3v) is 3.47. The highest BCUT2D eigenvalue weighted by molar-refractivity contribution is 14.0. The molecular formula is C13H26F3IN4. The molecule has 3 N–H and O–H groups in total. The van der Waals surface area contributed by atoms with E-state index in [4.69, 9.17) is 5.73 Å². The highest BCUT2D eigenvalue weighted by Crippen LogP contribution is 2.23. The molecule has 0 spiro atoms. The van der Waals surface area contributed by atoms with Crippen molar-refractivity contribution in [3.8, 4) is 0 Å². The van der Waals surface area contributed by atoms with Crippen LogP contribution in [0.5, 0.6) is 0 Å². The molecule has 1 rings (SSSR count). The quantitative estimate of drug-likeness (QED) is 0.393. The number of likely N-dealkylation sites (tertiary alicyclic amines) is 1. The first kappa shape index (κ1) is 20.8. The van der Waals surface area contributed by atoms with Gasteiger partial charge in [-0.2, -0.15) is 13.2 Å². The van der Waals surface area contributed by atoms with Gasteiger partial charge in [-0.3, -0.25) is 9.89 Å². The molecule has 0 amide bonds. The molecular weight excluding hydrogens is 396 g/mol. The van der Waals surface area contributed by atoms with E-state index < -0.39 is 12.7 Å². The summed E-state index contributed by atoms with van der Waals surface area (Å²) in [6.45, 7) is 3.77. The minimum atomic E-state index is -4.08. The molecule has 0 aromatic heterocycles. The fraction of sp³-hybridized carbons (Fsp3) is 0.923. The standard InChI is InChI=1S/C13H25F3N4.HI/c1-2-6-18-12(17)19-7-3-11-4-8-20(9-5-11)10-13(14,15)16;/h11H,2-10H2,1H3,(H3,17,18,19);1H. The Labute approximate surface area is 141 Å². The molecule has 0 radical (unpaired) electrons. The summed E-state index contributed by atoms with van der Waals surface area (Å²) in [5.74, 6) is 0.937. The van der Waals surface area contributed by atoms with Crippen LogP contribution < -0.4 is 11.1 Å². The van der Waals surface area contributed by atoms with Crippen molar-refractivity contribution >= 4 is 29.9 Å². The van der Waals surface area contributed by atoms with E-state index in [2.05, 4.69) is 10.3 Å². The van der Waals surface area contributed by atoms with Crippen molar-refractivity contribution in [2.24, 2.45) is 16.6 Å². The van der Waals surface area contributed by atoms with Crippen LogP contribution >= 0.6 is 24.0 Å². The molecule has 8 heteroatoms. The number of aliphatic imine (C=N–C) groups is 1. The average Bonchev–Trinajstić information content (AvgIpc) is 2.37. The second-order valence-electron chi connectivity index (χ2n) is 5.32. The number of piperidine rings is 1. The van der Waals surface area contributed by atoms with E-state index in [-0.39, 0.29) is 24.0 Å². The summed E-state index contributed by atoms with van der Waals surface area (Å²) in [6, 6.07) is 0. The molecule has 4 nitrogen and oxygen atoms in total. The predicted octanol–water partition coefficient (Wildman–Crippen LogP) is 2.58. The summed E-state index contributed by atoms with van der Waals surface area (Å²) in [4.78, 5) is 5.61. The van der Waals surface area contributed by atoms with E-state index in [0.717, 1.165) is 32.2 Å². The van der Waals surface area contributed by atoms with Crippen molar-refractivity contribution in [2.75, 3.05) is 32.7 Å². The number of guanidine groups is 1. The molecule has 1 heterocycles. The van der Waals surface area contributed by atoms with Gasteiger partial charge in [0.1, 0.15) is 0 Å². The van der Waals surface area contributed by atoms with Gasteiger partial charge in [0.15, 0.2) is 5.96 Å². The number of alkyl halides is 3. The lowest BCUT2D eigenvalue weighted by molar-refractivity contribution is -0.148. The highest BCUT2D eigenvalue weighted by atomic mass is 127. The van der Waals surface area contributed by atoms with Gasteiger partial charge in [-0.25, -0.2) is 0 Å². The number of rotatable bonds is 6. The summed E-state index contributed by atoms with van der Waals surface area (Å²) < 4.78 is 36.8. The summed E-state index contributed by atoms with van der Waals surface area (Å²) in [7, 11) is 0. The Morgan fingerprint density at radius 2 is 1.95 bits per heavy atom. The van der Waals surface area contributed by atoms with Crippen molar-refractivity contribution in [2.45, 2.75) is 38.8 Å². The van der Waals surface area contributed by atoms with Crippen LogP contribution in [0.2, 0.25) is 0 Å². The van der Waals surface area contributed by atoms with Crippen LogP contribution in [0, 0.1) is 5.92 Å². The van der Waals surface area contributed by atoms with Gasteiger partial charge in [-0.15, -0.1) is 24.0 Å². The second kappa shape index (κ2) is 10.5. The van der Waals surface area contributed by atoms with Crippen LogP contribution in [-0.4, -0.2) is 49.8 Å². The van der Waals surface area contributed by atoms with Crippen LogP contribution in [0.25, 0.3) is 0 Å². The molecule has 0 unspecified atom stereocenters. The summed E-state index contributed by atoms with van der Waals surface area (Å²) in [5.41, 5.74) is 5.67. The molecule has 1 fully saturated rings. The molecule has 1 aliphatic heterocycles. The molecule has 21 heavy (non-hydrogen) atoms. The van der Waals surface area contributed by atoms with Gasteiger partial charge in [0, 0.05) is 13.1 Å². The van der Waals surface area contributed by atoms with Crippen molar-refractivity contribution in [1.82, 2.24) is 10.2 Å². The molecule has 1 saturated heterocycles. The van der Waals surface area contributed by atoms with E-state index in [1.54, 1.807) is 0 Å². The maximum atomic E-state index is 12.3. The van der Waals surface area contributed by atoms with E-state index in [0.29, 0.717) is 31.5 Å². The predicted molar refractivity (Wildman–Crippen MR) is 90.0 cm³/mol. The maximum Gasteiger partial charge on any atom is 0.401 e. The number of nitrogens with two attached hydrogens (primary N) is 1. The van der Waals surface area contributed by atoms with Gasteiger partial charge in [-0.05, 0) is 44.7 Å². The van der Waals surface area contributed by atoms with E-state index >= 15 is 0 Å². The first-order valence-corrected chi connectivity index (χ1v) is 7.23. The van der Waals surface area contributed by atoms with Crippen molar-refractivity contribution in [3.63, 3.8) is 0 Å². The number of nitrogens with zero attached hydrogens (tertiary/aromatic N) is 2. The molecule has 0 aliphatic carbocycles. The summed E-state index contributed by atoms with van der Waals surface area (Å²) in [5, 5.41) is 3.05. The van der Waals surface area contributed by atoms with Crippen LogP contribution in [0.3, 0.4) is 0 Å². The van der Waals surface area contributed by atoms with Crippen LogP contribution in [0.1, 0.15) is 32.6 Å². The lowest BCUT2D eigenvalue weighted by atomic mass is 9.93. The zero-order chi connectivity index (χ0) is 15.0. The zero-order valence-corrected chi connectivity index (χ0v) is 14.8. The number of hydrogen-bond acceptors (Lipinski definition) is 2.